The van der Waals surface area contributed by atoms with E-state index in [-0.39, 0.29) is 17.3 Å². The van der Waals surface area contributed by atoms with Crippen LogP contribution in [0.3, 0.4) is 0 Å². The maximum absolute atomic E-state index is 11.7. The molecule has 0 bridgehead atoms. The van der Waals surface area contributed by atoms with Crippen molar-refractivity contribution < 1.29 is 9.53 Å². The lowest BCUT2D eigenvalue weighted by molar-refractivity contribution is -0.143. The van der Waals surface area contributed by atoms with Crippen LogP contribution in [0.25, 0.3) is 10.2 Å². The van der Waals surface area contributed by atoms with Gasteiger partial charge in [0, 0.05) is 6.54 Å². The fourth-order valence-corrected chi connectivity index (χ4v) is 2.58. The highest BCUT2D eigenvalue weighted by molar-refractivity contribution is 7.16. The normalized spacial score (nSPS) is 10.6. The van der Waals surface area contributed by atoms with Crippen LogP contribution in [0.5, 0.6) is 0 Å². The molecule has 0 aliphatic carbocycles. The van der Waals surface area contributed by atoms with Gasteiger partial charge >= 0.3 is 10.8 Å². The minimum Gasteiger partial charge on any atom is -0.466 e. The van der Waals surface area contributed by atoms with Gasteiger partial charge in [0.2, 0.25) is 0 Å². The lowest BCUT2D eigenvalue weighted by Gasteiger charge is -2.03. The number of esters is 1. The fourth-order valence-electron chi connectivity index (χ4n) is 1.66. The summed E-state index contributed by atoms with van der Waals surface area (Å²) in [6.07, 6.45) is 0.231. The molecule has 2 rings (SSSR count). The van der Waals surface area contributed by atoms with Crippen LogP contribution in [0.1, 0.15) is 13.3 Å². The van der Waals surface area contributed by atoms with Gasteiger partial charge in [-0.2, -0.15) is 0 Å². The van der Waals surface area contributed by atoms with Crippen molar-refractivity contribution >= 4 is 27.5 Å². The number of hydrogen-bond acceptors (Lipinski definition) is 4. The molecular formula is C12H13NO3S. The van der Waals surface area contributed by atoms with E-state index in [1.54, 1.807) is 11.5 Å². The number of rotatable bonds is 4. The molecule has 0 saturated carbocycles. The summed E-state index contributed by atoms with van der Waals surface area (Å²) in [5, 5.41) is 0. The molecule has 17 heavy (non-hydrogen) atoms. The number of hydrogen-bond donors (Lipinski definition) is 0. The van der Waals surface area contributed by atoms with Crippen molar-refractivity contribution in [2.45, 2.75) is 19.9 Å². The number of thiazole rings is 1. The number of para-hydroxylation sites is 1. The second-order valence-corrected chi connectivity index (χ2v) is 4.54. The Kier molecular flexibility index (Phi) is 3.58. The van der Waals surface area contributed by atoms with E-state index in [0.717, 1.165) is 10.2 Å². The summed E-state index contributed by atoms with van der Waals surface area (Å²) in [5.41, 5.74) is 0.881. The summed E-state index contributed by atoms with van der Waals surface area (Å²) in [4.78, 5) is 23.0. The third kappa shape index (κ3) is 2.55. The van der Waals surface area contributed by atoms with Gasteiger partial charge in [0.05, 0.1) is 23.2 Å². The van der Waals surface area contributed by atoms with Crippen LogP contribution in [-0.2, 0) is 16.1 Å². The Morgan fingerprint density at radius 2 is 2.18 bits per heavy atom. The Bertz CT molecular complexity index is 585. The number of fused-ring (bicyclic) bond motifs is 1. The van der Waals surface area contributed by atoms with Crippen LogP contribution in [0.15, 0.2) is 29.1 Å². The van der Waals surface area contributed by atoms with Crippen LogP contribution >= 0.6 is 11.3 Å². The topological polar surface area (TPSA) is 48.3 Å². The van der Waals surface area contributed by atoms with Crippen LogP contribution in [0.4, 0.5) is 0 Å². The summed E-state index contributed by atoms with van der Waals surface area (Å²) >= 11 is 1.20. The van der Waals surface area contributed by atoms with Crippen molar-refractivity contribution in [2.75, 3.05) is 6.61 Å². The molecule has 0 aliphatic heterocycles. The van der Waals surface area contributed by atoms with Crippen molar-refractivity contribution in [1.82, 2.24) is 4.57 Å². The molecule has 0 amide bonds. The second-order valence-electron chi connectivity index (χ2n) is 3.54. The highest BCUT2D eigenvalue weighted by atomic mass is 32.1. The third-order valence-electron chi connectivity index (χ3n) is 2.42. The second kappa shape index (κ2) is 5.14. The van der Waals surface area contributed by atoms with Gasteiger partial charge in [-0.05, 0) is 19.1 Å². The minimum absolute atomic E-state index is 0.0319. The average molecular weight is 251 g/mol. The molecular weight excluding hydrogens is 238 g/mol. The van der Waals surface area contributed by atoms with Crippen LogP contribution in [-0.4, -0.2) is 17.1 Å². The largest absolute Gasteiger partial charge is 0.466 e. The predicted octanol–water partition coefficient (Wildman–Crippen LogP) is 2.02. The van der Waals surface area contributed by atoms with Crippen molar-refractivity contribution in [1.29, 1.82) is 0 Å². The lowest BCUT2D eigenvalue weighted by atomic mass is 10.3. The smallest absolute Gasteiger partial charge is 0.308 e. The summed E-state index contributed by atoms with van der Waals surface area (Å²) < 4.78 is 7.41. The Hall–Kier alpha value is -1.62. The highest BCUT2D eigenvalue weighted by Crippen LogP contribution is 2.16. The molecule has 0 radical (unpaired) electrons. The summed E-state index contributed by atoms with van der Waals surface area (Å²) in [6.45, 7) is 2.52. The van der Waals surface area contributed by atoms with Gasteiger partial charge in [0.1, 0.15) is 0 Å². The lowest BCUT2D eigenvalue weighted by Crippen LogP contribution is -2.16. The van der Waals surface area contributed by atoms with E-state index < -0.39 is 0 Å². The SMILES string of the molecule is CCOC(=O)CCn1c(=O)sc2ccccc21. The Balaban J connectivity index is 2.21. The molecule has 0 N–H and O–H groups in total. The Labute approximate surface area is 102 Å². The van der Waals surface area contributed by atoms with Crippen LogP contribution in [0.2, 0.25) is 0 Å². The quantitative estimate of drug-likeness (QED) is 0.781. The molecule has 5 heteroatoms. The molecule has 0 saturated heterocycles. The monoisotopic (exact) mass is 251 g/mol. The molecule has 2 aromatic rings. The maximum Gasteiger partial charge on any atom is 0.308 e. The molecule has 1 aromatic heterocycles. The fraction of sp³-hybridized carbons (Fsp3) is 0.333. The average Bonchev–Trinajstić information content (AvgIpc) is 2.62. The van der Waals surface area contributed by atoms with Crippen molar-refractivity contribution in [3.05, 3.63) is 33.9 Å². The van der Waals surface area contributed by atoms with Gasteiger partial charge < -0.3 is 4.74 Å². The first-order chi connectivity index (χ1) is 8.22. The van der Waals surface area contributed by atoms with Crippen molar-refractivity contribution in [2.24, 2.45) is 0 Å². The zero-order valence-corrected chi connectivity index (χ0v) is 10.3. The minimum atomic E-state index is -0.269. The number of aryl methyl sites for hydroxylation is 1. The molecule has 0 atom stereocenters. The van der Waals surface area contributed by atoms with E-state index in [4.69, 9.17) is 4.74 Å². The molecule has 0 fully saturated rings. The molecule has 1 heterocycles. The zero-order valence-electron chi connectivity index (χ0n) is 9.51. The van der Waals surface area contributed by atoms with Gasteiger partial charge in [-0.25, -0.2) is 0 Å². The predicted molar refractivity (Wildman–Crippen MR) is 67.3 cm³/mol. The Morgan fingerprint density at radius 1 is 1.41 bits per heavy atom. The van der Waals surface area contributed by atoms with Crippen molar-refractivity contribution in [3.63, 3.8) is 0 Å². The van der Waals surface area contributed by atoms with Gasteiger partial charge in [0.15, 0.2) is 0 Å². The molecule has 0 spiro atoms. The number of nitrogens with zero attached hydrogens (tertiary/aromatic N) is 1. The molecule has 4 nitrogen and oxygen atoms in total. The van der Waals surface area contributed by atoms with E-state index in [9.17, 15) is 9.59 Å². The van der Waals surface area contributed by atoms with E-state index in [0.29, 0.717) is 13.2 Å². The van der Waals surface area contributed by atoms with Gasteiger partial charge in [-0.1, -0.05) is 23.5 Å². The molecule has 0 aliphatic rings. The van der Waals surface area contributed by atoms with E-state index in [1.165, 1.54) is 11.3 Å². The number of aromatic nitrogens is 1. The zero-order chi connectivity index (χ0) is 12.3. The van der Waals surface area contributed by atoms with Crippen LogP contribution in [0, 0.1) is 0 Å². The first kappa shape index (κ1) is 11.9. The first-order valence-corrected chi connectivity index (χ1v) is 6.28. The summed E-state index contributed by atoms with van der Waals surface area (Å²) in [6, 6.07) is 7.57. The molecule has 90 valence electrons. The van der Waals surface area contributed by atoms with Gasteiger partial charge in [-0.15, -0.1) is 0 Å². The number of carbonyl (C=O) groups excluding carboxylic acids is 1. The standard InChI is InChI=1S/C12H13NO3S/c1-2-16-11(14)7-8-13-9-5-3-4-6-10(9)17-12(13)15/h3-6H,2,7-8H2,1H3. The van der Waals surface area contributed by atoms with Gasteiger partial charge in [-0.3, -0.25) is 14.2 Å². The first-order valence-electron chi connectivity index (χ1n) is 5.46. The maximum atomic E-state index is 11.7. The summed E-state index contributed by atoms with van der Waals surface area (Å²) in [5.74, 6) is -0.269. The molecule has 1 aromatic carbocycles. The molecule has 0 unspecified atom stereocenters. The van der Waals surface area contributed by atoms with Crippen LogP contribution < -0.4 is 4.87 Å². The number of carbonyl (C=O) groups is 1. The van der Waals surface area contributed by atoms with E-state index >= 15 is 0 Å². The van der Waals surface area contributed by atoms with E-state index in [2.05, 4.69) is 0 Å². The van der Waals surface area contributed by atoms with E-state index in [1.807, 2.05) is 24.3 Å². The van der Waals surface area contributed by atoms with Crippen molar-refractivity contribution in [3.8, 4) is 0 Å². The number of ether oxygens (including phenoxy) is 1. The van der Waals surface area contributed by atoms with Gasteiger partial charge in [0.25, 0.3) is 0 Å². The third-order valence-corrected chi connectivity index (χ3v) is 3.38. The number of benzene rings is 1. The Morgan fingerprint density at radius 3 is 2.94 bits per heavy atom. The highest BCUT2D eigenvalue weighted by Gasteiger charge is 2.08. The summed E-state index contributed by atoms with van der Waals surface area (Å²) in [7, 11) is 0.